The number of para-hydroxylation sites is 2. The molecule has 6 heteroatoms. The van der Waals surface area contributed by atoms with Crippen molar-refractivity contribution in [2.75, 3.05) is 31.1 Å². The zero-order chi connectivity index (χ0) is 22.1. The van der Waals surface area contributed by atoms with E-state index in [1.165, 1.54) is 37.6 Å². The second-order valence-corrected chi connectivity index (χ2v) is 10.3. The summed E-state index contributed by atoms with van der Waals surface area (Å²) in [5.74, 6) is 2.15. The molecule has 0 radical (unpaired) electrons. The van der Waals surface area contributed by atoms with E-state index in [9.17, 15) is 4.79 Å². The number of piperidine rings is 1. The molecule has 1 saturated carbocycles. The summed E-state index contributed by atoms with van der Waals surface area (Å²) in [5, 5.41) is 0. The molecule has 6 nitrogen and oxygen atoms in total. The molecule has 5 rings (SSSR count). The number of imidazole rings is 1. The summed E-state index contributed by atoms with van der Waals surface area (Å²) in [4.78, 5) is 22.9. The van der Waals surface area contributed by atoms with Crippen LogP contribution in [0.4, 0.5) is 5.95 Å². The van der Waals surface area contributed by atoms with E-state index in [0.29, 0.717) is 19.0 Å². The molecule has 0 N–H and O–H groups in total. The van der Waals surface area contributed by atoms with Gasteiger partial charge in [-0.1, -0.05) is 31.4 Å². The summed E-state index contributed by atoms with van der Waals surface area (Å²) in [7, 11) is 0. The molecular formula is C26H38N4O2. The third kappa shape index (κ3) is 4.52. The molecular weight excluding hydrogens is 400 g/mol. The first-order chi connectivity index (χ1) is 15.6. The van der Waals surface area contributed by atoms with Crippen molar-refractivity contribution in [3.8, 4) is 0 Å². The Hall–Kier alpha value is -2.08. The molecule has 2 aliphatic heterocycles. The van der Waals surface area contributed by atoms with Gasteiger partial charge in [0.25, 0.3) is 0 Å². The van der Waals surface area contributed by atoms with Gasteiger partial charge in [0.15, 0.2) is 0 Å². The fourth-order valence-corrected chi connectivity index (χ4v) is 6.09. The Bertz CT molecular complexity index is 925. The van der Waals surface area contributed by atoms with E-state index < -0.39 is 0 Å². The lowest BCUT2D eigenvalue weighted by Crippen LogP contribution is -2.52. The molecule has 3 aliphatic rings. The molecule has 1 amide bonds. The summed E-state index contributed by atoms with van der Waals surface area (Å²) >= 11 is 0. The molecule has 0 spiro atoms. The van der Waals surface area contributed by atoms with Crippen LogP contribution in [0.15, 0.2) is 24.3 Å². The lowest BCUT2D eigenvalue weighted by molar-refractivity contribution is -0.147. The van der Waals surface area contributed by atoms with Gasteiger partial charge in [0.1, 0.15) is 0 Å². The van der Waals surface area contributed by atoms with E-state index >= 15 is 0 Å². The van der Waals surface area contributed by atoms with E-state index in [4.69, 9.17) is 9.72 Å². The highest BCUT2D eigenvalue weighted by Gasteiger charge is 2.34. The quantitative estimate of drug-likeness (QED) is 0.707. The molecule has 174 valence electrons. The van der Waals surface area contributed by atoms with Gasteiger partial charge in [-0.2, -0.15) is 0 Å². The maximum atomic E-state index is 13.4. The van der Waals surface area contributed by atoms with Crippen molar-refractivity contribution in [1.82, 2.24) is 14.5 Å². The predicted molar refractivity (Wildman–Crippen MR) is 128 cm³/mol. The van der Waals surface area contributed by atoms with Crippen LogP contribution in [0.25, 0.3) is 11.0 Å². The van der Waals surface area contributed by atoms with Crippen LogP contribution in [0.5, 0.6) is 0 Å². The van der Waals surface area contributed by atoms with Crippen LogP contribution in [0.3, 0.4) is 0 Å². The first-order valence-electron chi connectivity index (χ1n) is 12.7. The number of carbonyl (C=O) groups is 1. The van der Waals surface area contributed by atoms with Crippen LogP contribution in [-0.4, -0.2) is 58.7 Å². The highest BCUT2D eigenvalue weighted by Crippen LogP contribution is 2.32. The zero-order valence-electron chi connectivity index (χ0n) is 19.7. The van der Waals surface area contributed by atoms with Gasteiger partial charge in [0.2, 0.25) is 11.9 Å². The molecule has 1 aromatic heterocycles. The SMILES string of the molecule is CC1CN(C(=O)C2CCCN(c3nc4ccccc4n3CC3CCCCC3)C2)CC(C)O1. The summed E-state index contributed by atoms with van der Waals surface area (Å²) < 4.78 is 8.30. The molecule has 2 saturated heterocycles. The Kier molecular flexibility index (Phi) is 6.40. The van der Waals surface area contributed by atoms with Crippen molar-refractivity contribution in [3.05, 3.63) is 24.3 Å². The number of amides is 1. The first-order valence-corrected chi connectivity index (χ1v) is 12.7. The third-order valence-corrected chi connectivity index (χ3v) is 7.58. The minimum Gasteiger partial charge on any atom is -0.372 e. The molecule has 0 bridgehead atoms. The fourth-order valence-electron chi connectivity index (χ4n) is 6.09. The van der Waals surface area contributed by atoms with Crippen LogP contribution in [0, 0.1) is 11.8 Å². The molecule has 3 fully saturated rings. The van der Waals surface area contributed by atoms with Gasteiger partial charge < -0.3 is 19.1 Å². The smallest absolute Gasteiger partial charge is 0.227 e. The number of anilines is 1. The van der Waals surface area contributed by atoms with Crippen molar-refractivity contribution < 1.29 is 9.53 Å². The third-order valence-electron chi connectivity index (χ3n) is 7.58. The normalized spacial score (nSPS) is 27.8. The lowest BCUT2D eigenvalue weighted by atomic mass is 9.89. The Morgan fingerprint density at radius 3 is 2.53 bits per heavy atom. The number of morpholine rings is 1. The lowest BCUT2D eigenvalue weighted by Gasteiger charge is -2.40. The summed E-state index contributed by atoms with van der Waals surface area (Å²) in [6, 6.07) is 8.53. The Balaban J connectivity index is 1.37. The Morgan fingerprint density at radius 1 is 1.00 bits per heavy atom. The molecule has 1 aliphatic carbocycles. The van der Waals surface area contributed by atoms with Gasteiger partial charge in [-0.15, -0.1) is 0 Å². The maximum absolute atomic E-state index is 13.4. The maximum Gasteiger partial charge on any atom is 0.227 e. The van der Waals surface area contributed by atoms with Crippen LogP contribution in [0.1, 0.15) is 58.8 Å². The summed E-state index contributed by atoms with van der Waals surface area (Å²) in [6.07, 6.45) is 8.96. The highest BCUT2D eigenvalue weighted by atomic mass is 16.5. The molecule has 32 heavy (non-hydrogen) atoms. The van der Waals surface area contributed by atoms with Crippen molar-refractivity contribution in [3.63, 3.8) is 0 Å². The van der Waals surface area contributed by atoms with Gasteiger partial charge >= 0.3 is 0 Å². The average Bonchev–Trinajstić information content (AvgIpc) is 3.17. The minimum atomic E-state index is 0.0455. The van der Waals surface area contributed by atoms with Gasteiger partial charge in [0.05, 0.1) is 29.2 Å². The Morgan fingerprint density at radius 2 is 1.75 bits per heavy atom. The van der Waals surface area contributed by atoms with Gasteiger partial charge in [0, 0.05) is 32.7 Å². The van der Waals surface area contributed by atoms with E-state index in [0.717, 1.165) is 49.9 Å². The number of hydrogen-bond acceptors (Lipinski definition) is 4. The largest absolute Gasteiger partial charge is 0.372 e. The van der Waals surface area contributed by atoms with E-state index in [1.54, 1.807) is 0 Å². The standard InChI is InChI=1S/C26H38N4O2/c1-19-15-29(16-20(2)32-19)25(31)22-11-8-14-28(18-22)26-27-23-12-6-7-13-24(23)30(26)17-21-9-4-3-5-10-21/h6-7,12-13,19-22H,3-5,8-11,14-18H2,1-2H3. The minimum absolute atomic E-state index is 0.0455. The summed E-state index contributed by atoms with van der Waals surface area (Å²) in [6.45, 7) is 8.34. The van der Waals surface area contributed by atoms with E-state index in [1.807, 2.05) is 4.90 Å². The van der Waals surface area contributed by atoms with Crippen LogP contribution < -0.4 is 4.90 Å². The average molecular weight is 439 g/mol. The van der Waals surface area contributed by atoms with Crippen LogP contribution >= 0.6 is 0 Å². The van der Waals surface area contributed by atoms with Gasteiger partial charge in [-0.25, -0.2) is 4.98 Å². The first kappa shape index (κ1) is 21.7. The topological polar surface area (TPSA) is 50.6 Å². The van der Waals surface area contributed by atoms with Crippen molar-refractivity contribution in [2.24, 2.45) is 11.8 Å². The monoisotopic (exact) mass is 438 g/mol. The molecule has 3 heterocycles. The molecule has 3 atom stereocenters. The summed E-state index contributed by atoms with van der Waals surface area (Å²) in [5.41, 5.74) is 2.31. The number of carbonyl (C=O) groups excluding carboxylic acids is 1. The zero-order valence-corrected chi connectivity index (χ0v) is 19.7. The molecule has 1 aromatic carbocycles. The number of fused-ring (bicyclic) bond motifs is 1. The van der Waals surface area contributed by atoms with Crippen LogP contribution in [-0.2, 0) is 16.1 Å². The highest BCUT2D eigenvalue weighted by molar-refractivity contribution is 5.81. The van der Waals surface area contributed by atoms with Crippen molar-refractivity contribution in [1.29, 1.82) is 0 Å². The van der Waals surface area contributed by atoms with Gasteiger partial charge in [-0.3, -0.25) is 4.79 Å². The second-order valence-electron chi connectivity index (χ2n) is 10.3. The number of rotatable bonds is 4. The van der Waals surface area contributed by atoms with E-state index in [2.05, 4.69) is 47.6 Å². The number of benzene rings is 1. The van der Waals surface area contributed by atoms with Crippen LogP contribution in [0.2, 0.25) is 0 Å². The van der Waals surface area contributed by atoms with E-state index in [-0.39, 0.29) is 18.1 Å². The second kappa shape index (κ2) is 9.42. The Labute approximate surface area is 191 Å². The molecule has 3 unspecified atom stereocenters. The van der Waals surface area contributed by atoms with Gasteiger partial charge in [-0.05, 0) is 57.6 Å². The fraction of sp³-hybridized carbons (Fsp3) is 0.692. The number of hydrogen-bond donors (Lipinski definition) is 0. The van der Waals surface area contributed by atoms with Crippen molar-refractivity contribution >= 4 is 22.9 Å². The predicted octanol–water partition coefficient (Wildman–Crippen LogP) is 4.47. The number of aromatic nitrogens is 2. The molecule has 2 aromatic rings. The number of nitrogens with zero attached hydrogens (tertiary/aromatic N) is 4. The van der Waals surface area contributed by atoms with Crippen molar-refractivity contribution in [2.45, 2.75) is 77.5 Å². The number of ether oxygens (including phenoxy) is 1.